The van der Waals surface area contributed by atoms with Gasteiger partial charge in [-0.2, -0.15) is 0 Å². The normalized spacial score (nSPS) is 20.6. The maximum Gasteiger partial charge on any atom is 0.349 e. The van der Waals surface area contributed by atoms with Crippen LogP contribution in [0, 0.1) is 0 Å². The summed E-state index contributed by atoms with van der Waals surface area (Å²) in [7, 11) is 0. The topological polar surface area (TPSA) is 77.5 Å². The predicted octanol–water partition coefficient (Wildman–Crippen LogP) is 2.69. The number of hydrogen-bond donors (Lipinski definition) is 1. The molecular formula is C19H18N2O4. The van der Waals surface area contributed by atoms with Gasteiger partial charge in [-0.05, 0) is 43.2 Å². The molecule has 1 aromatic heterocycles. The minimum atomic E-state index is -0.769. The van der Waals surface area contributed by atoms with Crippen LogP contribution < -0.4 is 10.1 Å². The van der Waals surface area contributed by atoms with Crippen LogP contribution in [0.1, 0.15) is 40.9 Å². The number of anilines is 1. The van der Waals surface area contributed by atoms with E-state index in [2.05, 4.69) is 10.3 Å². The van der Waals surface area contributed by atoms with Crippen molar-refractivity contribution >= 4 is 17.4 Å². The van der Waals surface area contributed by atoms with Crippen LogP contribution in [0.4, 0.5) is 5.69 Å². The molecule has 2 atom stereocenters. The van der Waals surface area contributed by atoms with Crippen molar-refractivity contribution in [2.45, 2.75) is 31.9 Å². The third kappa shape index (κ3) is 2.73. The molecule has 0 saturated heterocycles. The second-order valence-electron chi connectivity index (χ2n) is 6.12. The lowest BCUT2D eigenvalue weighted by atomic mass is 10.0. The molecule has 0 bridgehead atoms. The van der Waals surface area contributed by atoms with E-state index in [0.717, 1.165) is 28.8 Å². The van der Waals surface area contributed by atoms with E-state index in [1.165, 1.54) is 0 Å². The van der Waals surface area contributed by atoms with Crippen LogP contribution in [-0.4, -0.2) is 29.4 Å². The molecule has 2 unspecified atom stereocenters. The lowest BCUT2D eigenvalue weighted by Gasteiger charge is -2.20. The first-order valence-corrected chi connectivity index (χ1v) is 8.37. The Bertz CT molecular complexity index is 849. The highest BCUT2D eigenvalue weighted by molar-refractivity contribution is 6.00. The molecule has 1 aromatic carbocycles. The van der Waals surface area contributed by atoms with Crippen molar-refractivity contribution in [3.8, 4) is 5.75 Å². The number of pyridine rings is 1. The molecule has 0 spiro atoms. The summed E-state index contributed by atoms with van der Waals surface area (Å²) in [4.78, 5) is 28.1. The highest BCUT2D eigenvalue weighted by Gasteiger charge is 2.40. The van der Waals surface area contributed by atoms with Gasteiger partial charge in [-0.15, -0.1) is 0 Å². The standard InChI is InChI=1S/C19H18N2O4/c1-2-24-19(23)18-17(14-7-8-20-10-16(14)25-18)21-12-4-5-13-11(9-12)3-6-15(13)22/h4-5,7-10,17-18,21H,2-3,6H2,1H3. The average molecular weight is 338 g/mol. The zero-order chi connectivity index (χ0) is 17.4. The number of Topliss-reactive ketones (excluding diaryl/α,β-unsaturated/α-hetero) is 1. The Balaban J connectivity index is 1.64. The number of benzene rings is 1. The minimum absolute atomic E-state index is 0.187. The van der Waals surface area contributed by atoms with Gasteiger partial charge < -0.3 is 14.8 Å². The van der Waals surface area contributed by atoms with Gasteiger partial charge in [0.15, 0.2) is 5.78 Å². The number of nitrogens with one attached hydrogen (secondary N) is 1. The molecule has 0 amide bonds. The number of hydrogen-bond acceptors (Lipinski definition) is 6. The van der Waals surface area contributed by atoms with Crippen molar-refractivity contribution < 1.29 is 19.1 Å². The van der Waals surface area contributed by atoms with Crippen molar-refractivity contribution in [1.82, 2.24) is 4.98 Å². The molecule has 1 aliphatic heterocycles. The average Bonchev–Trinajstić information content (AvgIpc) is 3.17. The Kier molecular flexibility index (Phi) is 3.87. The summed E-state index contributed by atoms with van der Waals surface area (Å²) in [6.07, 6.45) is 3.82. The van der Waals surface area contributed by atoms with Crippen molar-refractivity contribution in [1.29, 1.82) is 0 Å². The molecule has 0 saturated carbocycles. The molecule has 6 nitrogen and oxygen atoms in total. The first-order valence-electron chi connectivity index (χ1n) is 8.37. The van der Waals surface area contributed by atoms with E-state index < -0.39 is 12.1 Å². The molecule has 1 N–H and O–H groups in total. The smallest absolute Gasteiger partial charge is 0.349 e. The van der Waals surface area contributed by atoms with Gasteiger partial charge >= 0.3 is 5.97 Å². The van der Waals surface area contributed by atoms with Crippen LogP contribution in [0.15, 0.2) is 36.7 Å². The van der Waals surface area contributed by atoms with E-state index in [-0.39, 0.29) is 11.8 Å². The second kappa shape index (κ2) is 6.20. The van der Waals surface area contributed by atoms with Gasteiger partial charge in [0.05, 0.1) is 12.8 Å². The molecule has 2 heterocycles. The summed E-state index contributed by atoms with van der Waals surface area (Å²) < 4.78 is 10.9. The highest BCUT2D eigenvalue weighted by atomic mass is 16.6. The van der Waals surface area contributed by atoms with Crippen LogP contribution in [0.5, 0.6) is 5.75 Å². The van der Waals surface area contributed by atoms with Crippen LogP contribution in [0.3, 0.4) is 0 Å². The maximum absolute atomic E-state index is 12.3. The third-order valence-electron chi connectivity index (χ3n) is 4.58. The number of rotatable bonds is 4. The summed E-state index contributed by atoms with van der Waals surface area (Å²) in [5, 5.41) is 3.37. The first kappa shape index (κ1) is 15.6. The largest absolute Gasteiger partial charge is 0.474 e. The number of esters is 1. The monoisotopic (exact) mass is 338 g/mol. The van der Waals surface area contributed by atoms with Gasteiger partial charge in [0.2, 0.25) is 6.10 Å². The highest BCUT2D eigenvalue weighted by Crippen LogP contribution is 2.39. The Morgan fingerprint density at radius 2 is 2.24 bits per heavy atom. The van der Waals surface area contributed by atoms with Crippen molar-refractivity contribution in [3.05, 3.63) is 53.3 Å². The van der Waals surface area contributed by atoms with Gasteiger partial charge in [-0.1, -0.05) is 0 Å². The van der Waals surface area contributed by atoms with E-state index in [1.54, 1.807) is 19.3 Å². The summed E-state index contributed by atoms with van der Waals surface area (Å²) >= 11 is 0. The second-order valence-corrected chi connectivity index (χ2v) is 6.12. The summed E-state index contributed by atoms with van der Waals surface area (Å²) in [6.45, 7) is 2.06. The number of ketones is 1. The number of fused-ring (bicyclic) bond motifs is 2. The number of ether oxygens (including phenoxy) is 2. The first-order chi connectivity index (χ1) is 12.2. The van der Waals surface area contributed by atoms with E-state index in [4.69, 9.17) is 9.47 Å². The van der Waals surface area contributed by atoms with E-state index in [1.807, 2.05) is 24.3 Å². The van der Waals surface area contributed by atoms with E-state index >= 15 is 0 Å². The molecule has 2 aromatic rings. The lowest BCUT2D eigenvalue weighted by molar-refractivity contribution is -0.151. The minimum Gasteiger partial charge on any atom is -0.474 e. The summed E-state index contributed by atoms with van der Waals surface area (Å²) in [5.74, 6) is 0.355. The summed E-state index contributed by atoms with van der Waals surface area (Å²) in [6, 6.07) is 7.15. The predicted molar refractivity (Wildman–Crippen MR) is 90.7 cm³/mol. The van der Waals surface area contributed by atoms with Gasteiger partial charge in [0, 0.05) is 29.4 Å². The van der Waals surface area contributed by atoms with Gasteiger partial charge in [-0.25, -0.2) is 4.79 Å². The molecule has 0 radical (unpaired) electrons. The number of carbonyl (C=O) groups is 2. The summed E-state index contributed by atoms with van der Waals surface area (Å²) in [5.41, 5.74) is 3.54. The number of aromatic nitrogens is 1. The quantitative estimate of drug-likeness (QED) is 0.864. The zero-order valence-corrected chi connectivity index (χ0v) is 13.8. The molecular weight excluding hydrogens is 320 g/mol. The van der Waals surface area contributed by atoms with Crippen LogP contribution in [0.25, 0.3) is 0 Å². The van der Waals surface area contributed by atoms with Crippen LogP contribution in [-0.2, 0) is 16.0 Å². The van der Waals surface area contributed by atoms with E-state index in [0.29, 0.717) is 18.8 Å². The Labute approximate surface area is 145 Å². The molecule has 2 aliphatic rings. The van der Waals surface area contributed by atoms with Crippen LogP contribution in [0.2, 0.25) is 0 Å². The Hall–Kier alpha value is -2.89. The van der Waals surface area contributed by atoms with Gasteiger partial charge in [0.25, 0.3) is 0 Å². The molecule has 128 valence electrons. The maximum atomic E-state index is 12.3. The molecule has 0 fully saturated rings. The third-order valence-corrected chi connectivity index (χ3v) is 4.58. The van der Waals surface area contributed by atoms with Gasteiger partial charge in [-0.3, -0.25) is 9.78 Å². The SMILES string of the molecule is CCOC(=O)C1Oc2cnccc2C1Nc1ccc2c(c1)CCC2=O. The molecule has 4 rings (SSSR count). The van der Waals surface area contributed by atoms with E-state index in [9.17, 15) is 9.59 Å². The fraction of sp³-hybridized carbons (Fsp3) is 0.316. The lowest BCUT2D eigenvalue weighted by Crippen LogP contribution is -2.34. The molecule has 25 heavy (non-hydrogen) atoms. The van der Waals surface area contributed by atoms with Crippen molar-refractivity contribution in [2.75, 3.05) is 11.9 Å². The zero-order valence-electron chi connectivity index (χ0n) is 13.8. The fourth-order valence-corrected chi connectivity index (χ4v) is 3.40. The Morgan fingerprint density at radius 1 is 1.36 bits per heavy atom. The number of nitrogens with zero attached hydrogens (tertiary/aromatic N) is 1. The van der Waals surface area contributed by atoms with Crippen LogP contribution >= 0.6 is 0 Å². The fourth-order valence-electron chi connectivity index (χ4n) is 3.40. The number of aryl methyl sites for hydroxylation is 1. The number of carbonyl (C=O) groups excluding carboxylic acids is 2. The van der Waals surface area contributed by atoms with Crippen molar-refractivity contribution in [2.24, 2.45) is 0 Å². The molecule has 6 heteroatoms. The Morgan fingerprint density at radius 3 is 3.08 bits per heavy atom. The van der Waals surface area contributed by atoms with Gasteiger partial charge in [0.1, 0.15) is 11.8 Å². The molecule has 1 aliphatic carbocycles. The van der Waals surface area contributed by atoms with Crippen molar-refractivity contribution in [3.63, 3.8) is 0 Å².